The highest BCUT2D eigenvalue weighted by molar-refractivity contribution is 14.0. The predicted octanol–water partition coefficient (Wildman–Crippen LogP) is 2.77. The predicted molar refractivity (Wildman–Crippen MR) is 122 cm³/mol. The number of benzene rings is 1. The molecule has 0 aliphatic carbocycles. The normalized spacial score (nSPS) is 17.0. The van der Waals surface area contributed by atoms with Crippen LogP contribution in [0.5, 0.6) is 0 Å². The second kappa shape index (κ2) is 9.96. The molecule has 0 saturated carbocycles. The van der Waals surface area contributed by atoms with Gasteiger partial charge in [0.05, 0.1) is 12.2 Å². The quantitative estimate of drug-likeness (QED) is 0.387. The zero-order chi connectivity index (χ0) is 17.6. The molecule has 2 N–H and O–H groups in total. The van der Waals surface area contributed by atoms with Crippen molar-refractivity contribution in [2.75, 3.05) is 44.0 Å². The number of para-hydroxylation sites is 1. The van der Waals surface area contributed by atoms with Crippen LogP contribution in [0, 0.1) is 0 Å². The Kier molecular flexibility index (Phi) is 7.95. The van der Waals surface area contributed by atoms with Gasteiger partial charge in [-0.15, -0.1) is 35.3 Å². The SMILES string of the molecule is CN=C(NCc1csc(N(C)C)n1)NC1CCN(c2ccccc2)C1.I. The van der Waals surface area contributed by atoms with Gasteiger partial charge in [0, 0.05) is 51.3 Å². The van der Waals surface area contributed by atoms with Gasteiger partial charge in [-0.25, -0.2) is 4.98 Å². The molecule has 0 spiro atoms. The van der Waals surface area contributed by atoms with E-state index >= 15 is 0 Å². The maximum Gasteiger partial charge on any atom is 0.191 e. The summed E-state index contributed by atoms with van der Waals surface area (Å²) in [5.74, 6) is 0.833. The molecule has 0 radical (unpaired) electrons. The first-order valence-electron chi connectivity index (χ1n) is 8.54. The van der Waals surface area contributed by atoms with Crippen LogP contribution < -0.4 is 20.4 Å². The molecule has 2 aromatic rings. The lowest BCUT2D eigenvalue weighted by atomic mass is 10.3. The fourth-order valence-corrected chi connectivity index (χ4v) is 3.65. The largest absolute Gasteiger partial charge is 0.369 e. The number of anilines is 2. The minimum Gasteiger partial charge on any atom is -0.369 e. The lowest BCUT2D eigenvalue weighted by Crippen LogP contribution is -2.44. The van der Waals surface area contributed by atoms with Crippen LogP contribution in [0.25, 0.3) is 0 Å². The fraction of sp³-hybridized carbons (Fsp3) is 0.444. The lowest BCUT2D eigenvalue weighted by molar-refractivity contribution is 0.647. The Hall–Kier alpha value is -1.55. The third-order valence-corrected chi connectivity index (χ3v) is 5.29. The standard InChI is InChI=1S/C18H26N6S.HI/c1-19-17(20-11-15-13-25-18(22-15)23(2)3)21-14-9-10-24(12-14)16-7-5-4-6-8-16;/h4-8,13-14H,9-12H2,1-3H3,(H2,19,20,21);1H. The first-order valence-corrected chi connectivity index (χ1v) is 9.42. The number of aromatic nitrogens is 1. The van der Waals surface area contributed by atoms with Gasteiger partial charge in [0.15, 0.2) is 11.1 Å². The maximum atomic E-state index is 4.59. The van der Waals surface area contributed by atoms with Crippen molar-refractivity contribution in [2.45, 2.75) is 19.0 Å². The molecule has 1 aromatic heterocycles. The van der Waals surface area contributed by atoms with Crippen molar-refractivity contribution in [1.82, 2.24) is 15.6 Å². The number of guanidine groups is 1. The first-order chi connectivity index (χ1) is 12.2. The Morgan fingerprint density at radius 1 is 1.35 bits per heavy atom. The molecule has 8 heteroatoms. The maximum absolute atomic E-state index is 4.59. The first kappa shape index (κ1) is 20.8. The zero-order valence-corrected chi connectivity index (χ0v) is 18.6. The van der Waals surface area contributed by atoms with E-state index in [9.17, 15) is 0 Å². The molecule has 142 valence electrons. The van der Waals surface area contributed by atoms with Crippen LogP contribution in [0.2, 0.25) is 0 Å². The molecule has 26 heavy (non-hydrogen) atoms. The zero-order valence-electron chi connectivity index (χ0n) is 15.5. The van der Waals surface area contributed by atoms with E-state index in [1.165, 1.54) is 5.69 Å². The molecule has 1 aromatic carbocycles. The molecule has 2 heterocycles. The van der Waals surface area contributed by atoms with E-state index in [0.29, 0.717) is 12.6 Å². The van der Waals surface area contributed by atoms with Crippen molar-refractivity contribution in [3.05, 3.63) is 41.4 Å². The Balaban J connectivity index is 0.00000243. The van der Waals surface area contributed by atoms with E-state index in [0.717, 1.165) is 36.3 Å². The fourth-order valence-electron chi connectivity index (χ4n) is 2.90. The van der Waals surface area contributed by atoms with Crippen molar-refractivity contribution in [3.8, 4) is 0 Å². The molecule has 1 unspecified atom stereocenters. The van der Waals surface area contributed by atoms with Crippen molar-refractivity contribution >= 4 is 52.1 Å². The molecular formula is C18H27IN6S. The number of hydrogen-bond donors (Lipinski definition) is 2. The van der Waals surface area contributed by atoms with Crippen LogP contribution in [0.1, 0.15) is 12.1 Å². The number of thiazole rings is 1. The molecule has 0 bridgehead atoms. The smallest absolute Gasteiger partial charge is 0.191 e. The summed E-state index contributed by atoms with van der Waals surface area (Å²) in [5.41, 5.74) is 2.32. The molecule has 3 rings (SSSR count). The van der Waals surface area contributed by atoms with Gasteiger partial charge >= 0.3 is 0 Å². The van der Waals surface area contributed by atoms with Crippen LogP contribution in [0.4, 0.5) is 10.8 Å². The summed E-state index contributed by atoms with van der Waals surface area (Å²) in [5, 5.41) is 10.0. The van der Waals surface area contributed by atoms with Crippen molar-refractivity contribution in [3.63, 3.8) is 0 Å². The Labute approximate surface area is 176 Å². The third-order valence-electron chi connectivity index (χ3n) is 4.23. The summed E-state index contributed by atoms with van der Waals surface area (Å²) >= 11 is 1.66. The van der Waals surface area contributed by atoms with E-state index < -0.39 is 0 Å². The van der Waals surface area contributed by atoms with Crippen molar-refractivity contribution < 1.29 is 0 Å². The molecule has 1 aliphatic heterocycles. The third kappa shape index (κ3) is 5.47. The van der Waals surface area contributed by atoms with Gasteiger partial charge in [0.1, 0.15) is 0 Å². The molecule has 6 nitrogen and oxygen atoms in total. The number of rotatable bonds is 5. The summed E-state index contributed by atoms with van der Waals surface area (Å²) < 4.78 is 0. The molecular weight excluding hydrogens is 459 g/mol. The Bertz CT molecular complexity index is 703. The summed E-state index contributed by atoms with van der Waals surface area (Å²) in [4.78, 5) is 13.4. The van der Waals surface area contributed by atoms with Crippen LogP contribution >= 0.6 is 35.3 Å². The minimum absolute atomic E-state index is 0. The van der Waals surface area contributed by atoms with E-state index in [1.807, 2.05) is 26.0 Å². The number of nitrogens with one attached hydrogen (secondary N) is 2. The molecule has 1 atom stereocenters. The average Bonchev–Trinajstić information content (AvgIpc) is 3.29. The molecule has 1 aliphatic rings. The molecule has 0 amide bonds. The van der Waals surface area contributed by atoms with Gasteiger partial charge in [0.25, 0.3) is 0 Å². The number of hydrogen-bond acceptors (Lipinski definition) is 5. The van der Waals surface area contributed by atoms with Gasteiger partial charge in [-0.3, -0.25) is 4.99 Å². The van der Waals surface area contributed by atoms with Crippen LogP contribution in [-0.2, 0) is 6.54 Å². The average molecular weight is 486 g/mol. The van der Waals surface area contributed by atoms with E-state index in [-0.39, 0.29) is 24.0 Å². The highest BCUT2D eigenvalue weighted by atomic mass is 127. The van der Waals surface area contributed by atoms with E-state index in [1.54, 1.807) is 11.3 Å². The van der Waals surface area contributed by atoms with Gasteiger partial charge < -0.3 is 20.4 Å². The molecule has 1 saturated heterocycles. The monoisotopic (exact) mass is 486 g/mol. The van der Waals surface area contributed by atoms with E-state index in [4.69, 9.17) is 0 Å². The number of halogens is 1. The van der Waals surface area contributed by atoms with Crippen molar-refractivity contribution in [1.29, 1.82) is 0 Å². The number of nitrogens with zero attached hydrogens (tertiary/aromatic N) is 4. The summed E-state index contributed by atoms with van der Waals surface area (Å²) in [6.45, 7) is 2.74. The Morgan fingerprint density at radius 3 is 2.77 bits per heavy atom. The van der Waals surface area contributed by atoms with Gasteiger partial charge in [-0.2, -0.15) is 0 Å². The second-order valence-electron chi connectivity index (χ2n) is 6.35. The molecule has 1 fully saturated rings. The lowest BCUT2D eigenvalue weighted by Gasteiger charge is -2.20. The highest BCUT2D eigenvalue weighted by Crippen LogP contribution is 2.20. The summed E-state index contributed by atoms with van der Waals surface area (Å²) in [6, 6.07) is 11.0. The summed E-state index contributed by atoms with van der Waals surface area (Å²) in [7, 11) is 5.83. The van der Waals surface area contributed by atoms with Crippen molar-refractivity contribution in [2.24, 2.45) is 4.99 Å². The second-order valence-corrected chi connectivity index (χ2v) is 7.19. The topological polar surface area (TPSA) is 55.8 Å². The van der Waals surface area contributed by atoms with E-state index in [2.05, 4.69) is 61.2 Å². The number of aliphatic imine (C=N–C) groups is 1. The Morgan fingerprint density at radius 2 is 2.12 bits per heavy atom. The summed E-state index contributed by atoms with van der Waals surface area (Å²) in [6.07, 6.45) is 1.11. The van der Waals surface area contributed by atoms with Gasteiger partial charge in [-0.05, 0) is 18.6 Å². The van der Waals surface area contributed by atoms with Crippen LogP contribution in [0.3, 0.4) is 0 Å². The minimum atomic E-state index is 0. The van der Waals surface area contributed by atoms with Crippen LogP contribution in [0.15, 0.2) is 40.7 Å². The van der Waals surface area contributed by atoms with Gasteiger partial charge in [-0.1, -0.05) is 18.2 Å². The van der Waals surface area contributed by atoms with Gasteiger partial charge in [0.2, 0.25) is 0 Å². The highest BCUT2D eigenvalue weighted by Gasteiger charge is 2.23. The van der Waals surface area contributed by atoms with Crippen LogP contribution in [-0.4, -0.2) is 51.2 Å².